The number of carbonyl (C=O) groups is 6. The standard InChI is InChI=1S/C13H14N2O4.C10H6N2O4.C5H10N2.C5H5NO.CH4/c1-10-2-3-11(16)14(10)6-8-19-9-7-15-12(17)4-5-13(15)18;13-9-5-6-10(14)11(9)7-1-3-8(4-2-7)12(15)16;1-4-3-6-5(2)7-4;1-4-2-3-5(7)6-4;/h2-5H,1,6-9H2;1-6H;4H,3H2,1-2H3,(H,6,7);2-3H,1H2,(H,6,7);1H4. The van der Waals surface area contributed by atoms with Crippen molar-refractivity contribution >= 4 is 52.7 Å². The number of anilines is 1. The van der Waals surface area contributed by atoms with E-state index >= 15 is 0 Å². The molecule has 0 bridgehead atoms. The van der Waals surface area contributed by atoms with E-state index in [0.717, 1.165) is 34.3 Å². The number of amidine groups is 1. The predicted molar refractivity (Wildman–Crippen MR) is 185 cm³/mol. The van der Waals surface area contributed by atoms with Gasteiger partial charge in [-0.05, 0) is 38.1 Å². The van der Waals surface area contributed by atoms with Crippen LogP contribution in [0.25, 0.3) is 0 Å². The number of nitro groups is 1. The van der Waals surface area contributed by atoms with Crippen molar-refractivity contribution in [3.63, 3.8) is 0 Å². The fourth-order valence-electron chi connectivity index (χ4n) is 4.33. The van der Waals surface area contributed by atoms with Crippen LogP contribution in [-0.4, -0.2) is 94.9 Å². The van der Waals surface area contributed by atoms with Gasteiger partial charge in [0.1, 0.15) is 0 Å². The topological polar surface area (TPSA) is 201 Å². The third-order valence-corrected chi connectivity index (χ3v) is 6.76. The number of aliphatic imine (C=N–C) groups is 1. The van der Waals surface area contributed by atoms with Gasteiger partial charge in [-0.15, -0.1) is 0 Å². The van der Waals surface area contributed by atoms with Gasteiger partial charge in [0.05, 0.1) is 42.7 Å². The number of allylic oxidation sites excluding steroid dienone is 2. The van der Waals surface area contributed by atoms with E-state index in [1.807, 2.05) is 6.92 Å². The Bertz CT molecular complexity index is 1580. The zero-order valence-corrected chi connectivity index (χ0v) is 26.9. The van der Waals surface area contributed by atoms with Gasteiger partial charge in [-0.25, -0.2) is 4.90 Å². The van der Waals surface area contributed by atoms with Crippen molar-refractivity contribution in [1.29, 1.82) is 0 Å². The summed E-state index contributed by atoms with van der Waals surface area (Å²) in [6, 6.07) is 5.78. The molecule has 1 aromatic carbocycles. The van der Waals surface area contributed by atoms with E-state index in [0.29, 0.717) is 36.3 Å². The highest BCUT2D eigenvalue weighted by molar-refractivity contribution is 6.28. The lowest BCUT2D eigenvalue weighted by molar-refractivity contribution is -0.384. The van der Waals surface area contributed by atoms with Gasteiger partial charge < -0.3 is 20.3 Å². The van der Waals surface area contributed by atoms with Gasteiger partial charge in [0, 0.05) is 72.6 Å². The number of imide groups is 2. The number of rotatable bonds is 8. The van der Waals surface area contributed by atoms with Crippen LogP contribution in [0.4, 0.5) is 11.4 Å². The normalized spacial score (nSPS) is 18.2. The average molecular weight is 690 g/mol. The molecular formula is C34H39N7O9. The first-order chi connectivity index (χ1) is 23.3. The van der Waals surface area contributed by atoms with Crippen LogP contribution < -0.4 is 15.5 Å². The van der Waals surface area contributed by atoms with Crippen LogP contribution in [0.2, 0.25) is 0 Å². The van der Waals surface area contributed by atoms with Crippen LogP contribution in [0.3, 0.4) is 0 Å². The molecule has 264 valence electrons. The Labute approximate surface area is 289 Å². The van der Waals surface area contributed by atoms with Gasteiger partial charge >= 0.3 is 0 Å². The molecule has 16 heteroatoms. The Hall–Kier alpha value is -6.29. The van der Waals surface area contributed by atoms with E-state index in [2.05, 4.69) is 35.7 Å². The Morgan fingerprint density at radius 2 is 1.34 bits per heavy atom. The number of amides is 6. The second kappa shape index (κ2) is 18.9. The van der Waals surface area contributed by atoms with E-state index < -0.39 is 16.7 Å². The molecule has 0 fully saturated rings. The second-order valence-electron chi connectivity index (χ2n) is 10.5. The Morgan fingerprint density at radius 1 is 0.820 bits per heavy atom. The number of hydrogen-bond donors (Lipinski definition) is 2. The summed E-state index contributed by atoms with van der Waals surface area (Å²) >= 11 is 0. The molecule has 0 saturated heterocycles. The quantitative estimate of drug-likeness (QED) is 0.176. The van der Waals surface area contributed by atoms with Gasteiger partial charge in [0.25, 0.3) is 35.2 Å². The first-order valence-corrected chi connectivity index (χ1v) is 14.8. The summed E-state index contributed by atoms with van der Waals surface area (Å²) in [5.41, 5.74) is 1.55. The third kappa shape index (κ3) is 11.7. The lowest BCUT2D eigenvalue weighted by Crippen LogP contribution is -2.34. The zero-order chi connectivity index (χ0) is 36.1. The number of non-ortho nitro benzene ring substituents is 1. The van der Waals surface area contributed by atoms with Gasteiger partial charge in [-0.2, -0.15) is 0 Å². The minimum Gasteiger partial charge on any atom is -0.378 e. The molecule has 50 heavy (non-hydrogen) atoms. The maximum absolute atomic E-state index is 11.4. The number of hydrogen-bond acceptors (Lipinski definition) is 11. The molecule has 5 aliphatic rings. The maximum atomic E-state index is 11.4. The second-order valence-corrected chi connectivity index (χ2v) is 10.5. The van der Waals surface area contributed by atoms with Crippen molar-refractivity contribution in [3.05, 3.63) is 108 Å². The molecule has 0 aromatic heterocycles. The van der Waals surface area contributed by atoms with E-state index in [1.54, 1.807) is 12.2 Å². The minimum atomic E-state index is -0.546. The molecule has 0 saturated carbocycles. The highest BCUT2D eigenvalue weighted by atomic mass is 16.6. The van der Waals surface area contributed by atoms with Crippen LogP contribution in [0.1, 0.15) is 21.3 Å². The van der Waals surface area contributed by atoms with Crippen molar-refractivity contribution in [2.24, 2.45) is 4.99 Å². The third-order valence-electron chi connectivity index (χ3n) is 6.76. The fourth-order valence-corrected chi connectivity index (χ4v) is 4.33. The van der Waals surface area contributed by atoms with E-state index in [-0.39, 0.29) is 49.9 Å². The lowest BCUT2D eigenvalue weighted by atomic mass is 10.2. The van der Waals surface area contributed by atoms with Gasteiger partial charge in [0.15, 0.2) is 0 Å². The SMILES string of the molecule is C.C=C1C=CC(=O)N1.C=C1C=CC(=O)N1CCOCCN1C(=O)C=CC1=O.CC1=NCC(C)N1.O=C1C=CC(=O)N1c1ccc([N+](=O)[O-])cc1. The summed E-state index contributed by atoms with van der Waals surface area (Å²) in [6.07, 6.45) is 11.0. The average Bonchev–Trinajstić information content (AvgIpc) is 3.87. The molecule has 2 N–H and O–H groups in total. The van der Waals surface area contributed by atoms with Crippen molar-refractivity contribution in [1.82, 2.24) is 20.4 Å². The smallest absolute Gasteiger partial charge is 0.269 e. The van der Waals surface area contributed by atoms with Crippen LogP contribution in [-0.2, 0) is 33.5 Å². The molecule has 16 nitrogen and oxygen atoms in total. The fraction of sp³-hybridized carbons (Fsp3) is 0.265. The van der Waals surface area contributed by atoms with Gasteiger partial charge in [-0.1, -0.05) is 20.6 Å². The van der Waals surface area contributed by atoms with Crippen molar-refractivity contribution in [2.45, 2.75) is 27.3 Å². The monoisotopic (exact) mass is 689 g/mol. The van der Waals surface area contributed by atoms with Gasteiger partial charge in [0.2, 0.25) is 5.91 Å². The molecule has 1 atom stereocenters. The number of nitrogens with one attached hydrogen (secondary N) is 2. The zero-order valence-electron chi connectivity index (χ0n) is 26.9. The van der Waals surface area contributed by atoms with Crippen molar-refractivity contribution in [2.75, 3.05) is 37.7 Å². The summed E-state index contributed by atoms with van der Waals surface area (Å²) in [7, 11) is 0. The maximum Gasteiger partial charge on any atom is 0.269 e. The number of ether oxygens (including phenoxy) is 1. The highest BCUT2D eigenvalue weighted by Crippen LogP contribution is 2.22. The van der Waals surface area contributed by atoms with Crippen LogP contribution >= 0.6 is 0 Å². The molecule has 0 spiro atoms. The van der Waals surface area contributed by atoms with Crippen LogP contribution in [0.15, 0.2) is 102 Å². The Morgan fingerprint density at radius 3 is 1.72 bits per heavy atom. The van der Waals surface area contributed by atoms with Crippen molar-refractivity contribution in [3.8, 4) is 0 Å². The molecular weight excluding hydrogens is 650 g/mol. The summed E-state index contributed by atoms with van der Waals surface area (Å²) in [6.45, 7) is 13.5. The number of carbonyl (C=O) groups excluding carboxylic acids is 6. The summed E-state index contributed by atoms with van der Waals surface area (Å²) in [5, 5.41) is 16.0. The number of nitro benzene ring substituents is 1. The molecule has 6 amide bonds. The number of benzene rings is 1. The molecule has 1 unspecified atom stereocenters. The van der Waals surface area contributed by atoms with E-state index in [1.165, 1.54) is 53.5 Å². The first-order valence-electron chi connectivity index (χ1n) is 14.8. The molecule has 5 aliphatic heterocycles. The molecule has 0 radical (unpaired) electrons. The summed E-state index contributed by atoms with van der Waals surface area (Å²) in [5.74, 6) is -0.639. The molecule has 6 rings (SSSR count). The minimum absolute atomic E-state index is 0. The molecule has 5 heterocycles. The van der Waals surface area contributed by atoms with Crippen LogP contribution in [0, 0.1) is 10.1 Å². The molecule has 1 aromatic rings. The largest absolute Gasteiger partial charge is 0.378 e. The predicted octanol–water partition coefficient (Wildman–Crippen LogP) is 2.08. The van der Waals surface area contributed by atoms with Crippen LogP contribution in [0.5, 0.6) is 0 Å². The summed E-state index contributed by atoms with van der Waals surface area (Å²) in [4.78, 5) is 84.2. The highest BCUT2D eigenvalue weighted by Gasteiger charge is 2.25. The van der Waals surface area contributed by atoms with E-state index in [4.69, 9.17) is 4.74 Å². The Balaban J connectivity index is 0.000000250. The van der Waals surface area contributed by atoms with Gasteiger partial charge in [-0.3, -0.25) is 48.8 Å². The molecule has 0 aliphatic carbocycles. The van der Waals surface area contributed by atoms with E-state index in [9.17, 15) is 38.9 Å². The number of nitrogens with zero attached hydrogens (tertiary/aromatic N) is 5. The lowest BCUT2D eigenvalue weighted by Gasteiger charge is -2.18. The summed E-state index contributed by atoms with van der Waals surface area (Å²) < 4.78 is 5.31. The Kier molecular flexibility index (Phi) is 15.1. The van der Waals surface area contributed by atoms with Crippen molar-refractivity contribution < 1.29 is 38.4 Å². The first kappa shape index (κ1) is 39.9.